The molecule has 2 aliphatic rings. The number of allylic oxidation sites excluding steroid dienone is 1. The lowest BCUT2D eigenvalue weighted by atomic mass is 9.94. The van der Waals surface area contributed by atoms with E-state index in [0.29, 0.717) is 38.6 Å². The number of hydrogen-bond donors (Lipinski definition) is 3. The summed E-state index contributed by atoms with van der Waals surface area (Å²) < 4.78 is 7.12. The third kappa shape index (κ3) is 9.99. The van der Waals surface area contributed by atoms with Crippen molar-refractivity contribution in [1.29, 1.82) is 0 Å². The molecular weight excluding hydrogens is 733 g/mol. The van der Waals surface area contributed by atoms with Crippen LogP contribution in [0.25, 0.3) is 0 Å². The van der Waals surface area contributed by atoms with Gasteiger partial charge in [-0.15, -0.1) is 0 Å². The van der Waals surface area contributed by atoms with E-state index in [-0.39, 0.29) is 41.9 Å². The van der Waals surface area contributed by atoms with E-state index >= 15 is 0 Å². The molecule has 2 fully saturated rings. The average Bonchev–Trinajstić information content (AvgIpc) is 3.71. The highest BCUT2D eigenvalue weighted by atomic mass is 28.4. The van der Waals surface area contributed by atoms with Gasteiger partial charge < -0.3 is 25.3 Å². The summed E-state index contributed by atoms with van der Waals surface area (Å²) in [7, 11) is -2.96. The number of ketones is 1. The Morgan fingerprint density at radius 3 is 2.04 bits per heavy atom. The smallest absolute Gasteiger partial charge is 0.262 e. The second-order valence-corrected chi connectivity index (χ2v) is 20.8. The summed E-state index contributed by atoms with van der Waals surface area (Å²) in [6.07, 6.45) is 6.07. The zero-order valence-electron chi connectivity index (χ0n) is 34.4. The Kier molecular flexibility index (Phi) is 14.5. The van der Waals surface area contributed by atoms with E-state index in [0.717, 1.165) is 15.9 Å². The number of carbonyl (C=O) groups excluding carboxylic acids is 5. The highest BCUT2D eigenvalue weighted by Crippen LogP contribution is 2.38. The van der Waals surface area contributed by atoms with Crippen LogP contribution in [-0.4, -0.2) is 78.9 Å². The summed E-state index contributed by atoms with van der Waals surface area (Å²) in [6, 6.07) is 27.3. The lowest BCUT2D eigenvalue weighted by molar-refractivity contribution is -0.144. The molecular formula is C46H60N4O6Si. The van der Waals surface area contributed by atoms with Crippen LogP contribution in [-0.2, 0) is 34.8 Å². The van der Waals surface area contributed by atoms with Crippen molar-refractivity contribution in [3.8, 4) is 0 Å². The van der Waals surface area contributed by atoms with Crippen LogP contribution in [0.2, 0.25) is 5.04 Å². The first-order valence-corrected chi connectivity index (χ1v) is 22.4. The van der Waals surface area contributed by atoms with Crippen LogP contribution in [0, 0.1) is 0 Å². The lowest BCUT2D eigenvalue weighted by Crippen LogP contribution is -2.68. The van der Waals surface area contributed by atoms with E-state index < -0.39 is 49.9 Å². The van der Waals surface area contributed by atoms with Crippen molar-refractivity contribution < 1.29 is 28.4 Å². The van der Waals surface area contributed by atoms with Crippen molar-refractivity contribution in [3.05, 3.63) is 109 Å². The van der Waals surface area contributed by atoms with Crippen LogP contribution >= 0.6 is 0 Å². The van der Waals surface area contributed by atoms with E-state index in [1.807, 2.05) is 79.7 Å². The third-order valence-electron chi connectivity index (χ3n) is 11.5. The van der Waals surface area contributed by atoms with Gasteiger partial charge >= 0.3 is 0 Å². The van der Waals surface area contributed by atoms with Crippen LogP contribution in [0.4, 0.5) is 0 Å². The molecule has 0 radical (unpaired) electrons. The van der Waals surface area contributed by atoms with Gasteiger partial charge in [0.2, 0.25) is 23.6 Å². The van der Waals surface area contributed by atoms with Crippen LogP contribution < -0.4 is 26.3 Å². The highest BCUT2D eigenvalue weighted by molar-refractivity contribution is 6.99. The van der Waals surface area contributed by atoms with Gasteiger partial charge in [0, 0.05) is 13.0 Å². The largest absolute Gasteiger partial charge is 0.397 e. The molecule has 2 heterocycles. The molecule has 0 saturated carbocycles. The van der Waals surface area contributed by atoms with Gasteiger partial charge in [0.25, 0.3) is 8.32 Å². The van der Waals surface area contributed by atoms with Crippen molar-refractivity contribution in [1.82, 2.24) is 20.9 Å². The molecule has 2 aliphatic heterocycles. The molecule has 5 atom stereocenters. The summed E-state index contributed by atoms with van der Waals surface area (Å²) >= 11 is 0. The lowest BCUT2D eigenvalue weighted by Gasteiger charge is -2.44. The number of carbonyl (C=O) groups is 5. The van der Waals surface area contributed by atoms with Crippen LogP contribution in [0.1, 0.15) is 92.1 Å². The molecule has 0 spiro atoms. The second kappa shape index (κ2) is 19.0. The number of nitrogens with one attached hydrogen (secondary N) is 3. The number of benzene rings is 3. The van der Waals surface area contributed by atoms with Crippen molar-refractivity contribution in [2.24, 2.45) is 0 Å². The summed E-state index contributed by atoms with van der Waals surface area (Å²) in [5, 5.41) is 10.7. The molecule has 0 bridgehead atoms. The minimum Gasteiger partial charge on any atom is -0.397 e. The molecule has 3 aromatic rings. The maximum Gasteiger partial charge on any atom is 0.262 e. The molecule has 4 amide bonds. The quantitative estimate of drug-likeness (QED) is 0.118. The predicted octanol–water partition coefficient (Wildman–Crippen LogP) is 5.14. The number of amides is 4. The molecule has 304 valence electrons. The molecule has 3 N–H and O–H groups in total. The van der Waals surface area contributed by atoms with E-state index in [9.17, 15) is 24.0 Å². The molecule has 5 rings (SSSR count). The summed E-state index contributed by atoms with van der Waals surface area (Å²) in [6.45, 7) is 12.3. The fourth-order valence-electron chi connectivity index (χ4n) is 8.07. The average molecular weight is 793 g/mol. The van der Waals surface area contributed by atoms with E-state index in [1.165, 1.54) is 0 Å². The molecule has 0 aromatic heterocycles. The standard InChI is InChI=1S/C46H60N4O6Si/c1-7-40(56-57(45(3,4)5,34-24-15-10-16-25-34)35-26-17-11-18-27-35)39(51)30-20-12-19-28-36-41(52)49-46(6,8-2)44(55)48-37(32-33-22-13-9-14-23-33)43(54)50-31-21-29-38(50)42(53)47-36/h9-11,13-18,20,22-27,30,36-38,40H,7-8,12,19,21,28-29,31-32H2,1-6H3,(H,47,53)(H,48,55)(H,49,52)/b30-20+/t36-,37-,38+,40+,46-/m0/s1. The maximum absolute atomic E-state index is 14.0. The van der Waals surface area contributed by atoms with Gasteiger partial charge in [-0.05, 0) is 78.9 Å². The normalized spacial score (nSPS) is 22.8. The van der Waals surface area contributed by atoms with Crippen LogP contribution in [0.15, 0.2) is 103 Å². The third-order valence-corrected chi connectivity index (χ3v) is 16.6. The number of nitrogens with zero attached hydrogens (tertiary/aromatic N) is 1. The van der Waals surface area contributed by atoms with Gasteiger partial charge in [-0.3, -0.25) is 24.0 Å². The van der Waals surface area contributed by atoms with Gasteiger partial charge in [0.05, 0.1) is 0 Å². The summed E-state index contributed by atoms with van der Waals surface area (Å²) in [4.78, 5) is 71.0. The van der Waals surface area contributed by atoms with Crippen molar-refractivity contribution >= 4 is 48.1 Å². The Hall–Kier alpha value is -4.87. The molecule has 11 heteroatoms. The fraction of sp³-hybridized carbons (Fsp3) is 0.457. The summed E-state index contributed by atoms with van der Waals surface area (Å²) in [5.74, 6) is -1.75. The topological polar surface area (TPSA) is 134 Å². The van der Waals surface area contributed by atoms with Crippen molar-refractivity contribution in [3.63, 3.8) is 0 Å². The molecule has 0 aliphatic carbocycles. The zero-order valence-corrected chi connectivity index (χ0v) is 35.4. The Morgan fingerprint density at radius 2 is 1.47 bits per heavy atom. The van der Waals surface area contributed by atoms with Crippen LogP contribution in [0.3, 0.4) is 0 Å². The van der Waals surface area contributed by atoms with Gasteiger partial charge in [-0.2, -0.15) is 0 Å². The first kappa shape index (κ1) is 43.3. The molecule has 10 nitrogen and oxygen atoms in total. The SMILES string of the molecule is CC[C@@H](O[Si](c1ccccc1)(c1ccccc1)C(C)(C)C)C(=O)/C=C/CCC[C@@H]1NC(=O)[C@H]2CCCN2C(=O)[C@H](Cc2ccccc2)NC(=O)[C@](C)(CC)NC1=O. The van der Waals surface area contributed by atoms with E-state index in [4.69, 9.17) is 4.43 Å². The highest BCUT2D eigenvalue weighted by Gasteiger charge is 2.52. The van der Waals surface area contributed by atoms with Crippen molar-refractivity contribution in [2.75, 3.05) is 6.54 Å². The van der Waals surface area contributed by atoms with Crippen molar-refractivity contribution in [2.45, 2.75) is 128 Å². The van der Waals surface area contributed by atoms with Gasteiger partial charge in [0.1, 0.15) is 29.8 Å². The van der Waals surface area contributed by atoms with Crippen LogP contribution in [0.5, 0.6) is 0 Å². The fourth-order valence-corrected chi connectivity index (χ4v) is 12.8. The van der Waals surface area contributed by atoms with Gasteiger partial charge in [0.15, 0.2) is 5.78 Å². The number of unbranched alkanes of at least 4 members (excludes halogenated alkanes) is 1. The predicted molar refractivity (Wildman–Crippen MR) is 226 cm³/mol. The summed E-state index contributed by atoms with van der Waals surface area (Å²) in [5.41, 5.74) is -0.454. The molecule has 3 aromatic carbocycles. The molecule has 57 heavy (non-hydrogen) atoms. The second-order valence-electron chi connectivity index (χ2n) is 16.6. The molecule has 2 saturated heterocycles. The molecule has 0 unspecified atom stereocenters. The number of rotatable bonds is 14. The Balaban J connectivity index is 1.30. The Bertz CT molecular complexity index is 1840. The number of hydrogen-bond acceptors (Lipinski definition) is 6. The van der Waals surface area contributed by atoms with E-state index in [2.05, 4.69) is 61.0 Å². The minimum atomic E-state index is -2.96. The first-order valence-electron chi connectivity index (χ1n) is 20.5. The first-order chi connectivity index (χ1) is 27.2. The zero-order chi connectivity index (χ0) is 41.2. The number of fused-ring (bicyclic) bond motifs is 1. The van der Waals surface area contributed by atoms with Gasteiger partial charge in [-0.25, -0.2) is 0 Å². The van der Waals surface area contributed by atoms with Gasteiger partial charge in [-0.1, -0.05) is 132 Å². The monoisotopic (exact) mass is 792 g/mol. The minimum absolute atomic E-state index is 0.121. The Labute approximate surface area is 339 Å². The maximum atomic E-state index is 14.0. The Morgan fingerprint density at radius 1 is 0.877 bits per heavy atom. The van der Waals surface area contributed by atoms with E-state index in [1.54, 1.807) is 24.8 Å².